The van der Waals surface area contributed by atoms with Gasteiger partial charge in [0.05, 0.1) is 0 Å². The Morgan fingerprint density at radius 3 is 3.00 bits per heavy atom. The molecule has 0 saturated carbocycles. The first-order valence-corrected chi connectivity index (χ1v) is 7.79. The van der Waals surface area contributed by atoms with Crippen molar-refractivity contribution in [2.45, 2.75) is 31.6 Å². The van der Waals surface area contributed by atoms with Gasteiger partial charge in [-0.3, -0.25) is 9.88 Å². The molecule has 0 bridgehead atoms. The molecule has 2 heterocycles. The van der Waals surface area contributed by atoms with Gasteiger partial charge in [-0.05, 0) is 37.1 Å². The molecular weight excluding hydrogens is 295 g/mol. The molecular formula is C18H21FN2O2. The van der Waals surface area contributed by atoms with E-state index in [2.05, 4.69) is 9.88 Å². The van der Waals surface area contributed by atoms with Gasteiger partial charge >= 0.3 is 0 Å². The second-order valence-electron chi connectivity index (χ2n) is 6.27. The number of hydrogen-bond acceptors (Lipinski definition) is 4. The van der Waals surface area contributed by atoms with Crippen LogP contribution in [-0.2, 0) is 6.54 Å². The summed E-state index contributed by atoms with van der Waals surface area (Å²) in [6, 6.07) is 9.98. The van der Waals surface area contributed by atoms with Crippen molar-refractivity contribution in [2.24, 2.45) is 0 Å². The molecule has 1 fully saturated rings. The first-order valence-electron chi connectivity index (χ1n) is 7.79. The molecule has 0 unspecified atom stereocenters. The monoisotopic (exact) mass is 316 g/mol. The number of nitrogens with zero attached hydrogens (tertiary/aromatic N) is 2. The number of aromatic nitrogens is 1. The van der Waals surface area contributed by atoms with Crippen molar-refractivity contribution in [1.29, 1.82) is 0 Å². The Hall–Kier alpha value is -1.98. The summed E-state index contributed by atoms with van der Waals surface area (Å²) in [5.74, 6) is 0.101. The average molecular weight is 316 g/mol. The zero-order valence-electron chi connectivity index (χ0n) is 13.2. The Labute approximate surface area is 135 Å². The van der Waals surface area contributed by atoms with E-state index in [1.807, 2.05) is 18.3 Å². The maximum atomic E-state index is 13.3. The first-order chi connectivity index (χ1) is 11.0. The lowest BCUT2D eigenvalue weighted by Gasteiger charge is -2.42. The van der Waals surface area contributed by atoms with Crippen LogP contribution in [0.1, 0.15) is 18.9 Å². The largest absolute Gasteiger partial charge is 0.486 e. The fourth-order valence-corrected chi connectivity index (χ4v) is 2.83. The van der Waals surface area contributed by atoms with Crippen molar-refractivity contribution in [2.75, 3.05) is 13.1 Å². The minimum Gasteiger partial charge on any atom is -0.486 e. The van der Waals surface area contributed by atoms with E-state index in [4.69, 9.17) is 4.74 Å². The van der Waals surface area contributed by atoms with Crippen LogP contribution in [0.25, 0.3) is 0 Å². The molecule has 1 aliphatic heterocycles. The molecule has 0 spiro atoms. The summed E-state index contributed by atoms with van der Waals surface area (Å²) < 4.78 is 19.2. The third-order valence-electron chi connectivity index (χ3n) is 4.26. The molecule has 2 atom stereocenters. The Bertz CT molecular complexity index is 648. The number of piperidine rings is 1. The van der Waals surface area contributed by atoms with Gasteiger partial charge in [-0.15, -0.1) is 0 Å². The van der Waals surface area contributed by atoms with Crippen LogP contribution in [-0.4, -0.2) is 39.8 Å². The van der Waals surface area contributed by atoms with Crippen LogP contribution in [0.3, 0.4) is 0 Å². The highest BCUT2D eigenvalue weighted by Gasteiger charge is 2.39. The smallest absolute Gasteiger partial charge is 0.140 e. The van der Waals surface area contributed by atoms with E-state index in [0.29, 0.717) is 18.7 Å². The third kappa shape index (κ3) is 4.06. The number of ether oxygens (including phenoxy) is 1. The molecule has 1 aromatic carbocycles. The molecule has 0 aliphatic carbocycles. The molecule has 4 nitrogen and oxygen atoms in total. The van der Waals surface area contributed by atoms with Gasteiger partial charge in [-0.1, -0.05) is 12.1 Å². The predicted octanol–water partition coefficient (Wildman–Crippen LogP) is 2.63. The minimum atomic E-state index is -0.933. The zero-order chi connectivity index (χ0) is 16.3. The average Bonchev–Trinajstić information content (AvgIpc) is 2.52. The lowest BCUT2D eigenvalue weighted by Crippen LogP contribution is -2.56. The molecule has 1 N–H and O–H groups in total. The number of halogens is 1. The van der Waals surface area contributed by atoms with Crippen LogP contribution in [0.2, 0.25) is 0 Å². The molecule has 5 heteroatoms. The predicted molar refractivity (Wildman–Crippen MR) is 85.6 cm³/mol. The number of pyridine rings is 1. The van der Waals surface area contributed by atoms with E-state index < -0.39 is 11.7 Å². The van der Waals surface area contributed by atoms with Crippen LogP contribution in [0, 0.1) is 5.82 Å². The van der Waals surface area contributed by atoms with Crippen LogP contribution >= 0.6 is 0 Å². The number of likely N-dealkylation sites (tertiary alicyclic amines) is 1. The third-order valence-corrected chi connectivity index (χ3v) is 4.26. The van der Waals surface area contributed by atoms with Gasteiger partial charge in [0.2, 0.25) is 0 Å². The van der Waals surface area contributed by atoms with E-state index in [0.717, 1.165) is 18.7 Å². The molecule has 1 aliphatic rings. The topological polar surface area (TPSA) is 45.6 Å². The molecule has 2 aromatic rings. The molecule has 1 aromatic heterocycles. The van der Waals surface area contributed by atoms with Crippen molar-refractivity contribution in [3.63, 3.8) is 0 Å². The number of aliphatic hydroxyl groups is 1. The Morgan fingerprint density at radius 1 is 1.39 bits per heavy atom. The summed E-state index contributed by atoms with van der Waals surface area (Å²) >= 11 is 0. The summed E-state index contributed by atoms with van der Waals surface area (Å²) in [6.07, 6.45) is 3.79. The van der Waals surface area contributed by atoms with Gasteiger partial charge < -0.3 is 9.84 Å². The van der Waals surface area contributed by atoms with Crippen LogP contribution in [0.4, 0.5) is 4.39 Å². The summed E-state index contributed by atoms with van der Waals surface area (Å²) in [4.78, 5) is 6.35. The maximum Gasteiger partial charge on any atom is 0.140 e. The Kier molecular flexibility index (Phi) is 4.59. The van der Waals surface area contributed by atoms with Crippen molar-refractivity contribution in [3.8, 4) is 5.75 Å². The second kappa shape index (κ2) is 6.64. The van der Waals surface area contributed by atoms with Gasteiger partial charge in [0.15, 0.2) is 0 Å². The van der Waals surface area contributed by atoms with Gasteiger partial charge in [0.1, 0.15) is 23.3 Å². The fraction of sp³-hybridized carbons (Fsp3) is 0.389. The van der Waals surface area contributed by atoms with E-state index in [1.54, 1.807) is 25.3 Å². The van der Waals surface area contributed by atoms with Crippen molar-refractivity contribution < 1.29 is 14.2 Å². The van der Waals surface area contributed by atoms with Crippen molar-refractivity contribution in [1.82, 2.24) is 9.88 Å². The van der Waals surface area contributed by atoms with Crippen LogP contribution < -0.4 is 4.74 Å². The molecule has 23 heavy (non-hydrogen) atoms. The summed E-state index contributed by atoms with van der Waals surface area (Å²) in [5.41, 5.74) is 0.191. The Balaban J connectivity index is 1.69. The van der Waals surface area contributed by atoms with Gasteiger partial charge in [-0.25, -0.2) is 4.39 Å². The number of rotatable bonds is 4. The zero-order valence-corrected chi connectivity index (χ0v) is 13.2. The number of hydrogen-bond donors (Lipinski definition) is 1. The summed E-state index contributed by atoms with van der Waals surface area (Å²) in [7, 11) is 0. The fourth-order valence-electron chi connectivity index (χ4n) is 2.83. The highest BCUT2D eigenvalue weighted by atomic mass is 19.1. The van der Waals surface area contributed by atoms with Crippen molar-refractivity contribution >= 4 is 0 Å². The van der Waals surface area contributed by atoms with Gasteiger partial charge in [0, 0.05) is 38.1 Å². The van der Waals surface area contributed by atoms with E-state index in [-0.39, 0.29) is 5.82 Å². The quantitative estimate of drug-likeness (QED) is 0.942. The standard InChI is InChI=1S/C18H21FN2O2/c1-18(22)7-9-21(12-14-4-3-8-20-11-14)13-17(18)23-16-6-2-5-15(19)10-16/h2-6,8,10-11,17,22H,7,9,12-13H2,1H3/t17-,18-/m0/s1. The normalized spacial score (nSPS) is 25.3. The molecule has 0 radical (unpaired) electrons. The molecule has 1 saturated heterocycles. The lowest BCUT2D eigenvalue weighted by molar-refractivity contribution is -0.0965. The van der Waals surface area contributed by atoms with Crippen LogP contribution in [0.15, 0.2) is 48.8 Å². The molecule has 3 rings (SSSR count). The van der Waals surface area contributed by atoms with Crippen molar-refractivity contribution in [3.05, 3.63) is 60.2 Å². The van der Waals surface area contributed by atoms with E-state index >= 15 is 0 Å². The summed E-state index contributed by atoms with van der Waals surface area (Å²) in [6.45, 7) is 3.90. The lowest BCUT2D eigenvalue weighted by atomic mass is 9.90. The van der Waals surface area contributed by atoms with Crippen LogP contribution in [0.5, 0.6) is 5.75 Å². The van der Waals surface area contributed by atoms with Gasteiger partial charge in [-0.2, -0.15) is 0 Å². The van der Waals surface area contributed by atoms with E-state index in [1.165, 1.54) is 12.1 Å². The first kappa shape index (κ1) is 15.9. The minimum absolute atomic E-state index is 0.342. The number of benzene rings is 1. The SMILES string of the molecule is C[C@]1(O)CCN(Cc2cccnc2)C[C@@H]1Oc1cccc(F)c1. The second-order valence-corrected chi connectivity index (χ2v) is 6.27. The highest BCUT2D eigenvalue weighted by molar-refractivity contribution is 5.23. The highest BCUT2D eigenvalue weighted by Crippen LogP contribution is 2.27. The maximum absolute atomic E-state index is 13.3. The molecule has 122 valence electrons. The van der Waals surface area contributed by atoms with Gasteiger partial charge in [0.25, 0.3) is 0 Å². The van der Waals surface area contributed by atoms with E-state index in [9.17, 15) is 9.50 Å². The summed E-state index contributed by atoms with van der Waals surface area (Å²) in [5, 5.41) is 10.6. The Morgan fingerprint density at radius 2 is 2.26 bits per heavy atom. The molecule has 0 amide bonds.